The molecule has 1 saturated heterocycles. The van der Waals surface area contributed by atoms with Gasteiger partial charge in [0, 0.05) is 38.4 Å². The van der Waals surface area contributed by atoms with Gasteiger partial charge < -0.3 is 15.5 Å². The maximum atomic E-state index is 9.89. The molecule has 2 aromatic rings. The standard InChI is InChI=1S/C20H27N3O2/c1-15-6-7-20(25)19(22-15)13-21-12-16-4-2-3-5-17(16)14-23-10-8-18(24)9-11-23/h2-7,18,21,24-25H,8-14H2,1H3. The molecule has 0 bridgehead atoms. The van der Waals surface area contributed by atoms with Crippen LogP contribution in [0.1, 0.15) is 35.4 Å². The van der Waals surface area contributed by atoms with Crippen LogP contribution in [0.25, 0.3) is 0 Å². The Morgan fingerprint density at radius 2 is 1.80 bits per heavy atom. The molecule has 3 rings (SSSR count). The largest absolute Gasteiger partial charge is 0.506 e. The lowest BCUT2D eigenvalue weighted by atomic mass is 10.0. The van der Waals surface area contributed by atoms with Gasteiger partial charge in [-0.25, -0.2) is 0 Å². The molecule has 0 unspecified atom stereocenters. The Morgan fingerprint density at radius 3 is 2.56 bits per heavy atom. The van der Waals surface area contributed by atoms with Gasteiger partial charge in [0.05, 0.1) is 11.8 Å². The first kappa shape index (κ1) is 17.9. The Hall–Kier alpha value is -1.95. The smallest absolute Gasteiger partial charge is 0.138 e. The number of likely N-dealkylation sites (tertiary alicyclic amines) is 1. The minimum atomic E-state index is -0.136. The van der Waals surface area contributed by atoms with Crippen LogP contribution in [-0.2, 0) is 19.6 Å². The molecule has 0 aliphatic carbocycles. The van der Waals surface area contributed by atoms with E-state index in [1.807, 2.05) is 13.0 Å². The number of nitrogens with one attached hydrogen (secondary N) is 1. The quantitative estimate of drug-likeness (QED) is 0.752. The molecular weight excluding hydrogens is 314 g/mol. The van der Waals surface area contributed by atoms with Crippen LogP contribution in [0.3, 0.4) is 0 Å². The van der Waals surface area contributed by atoms with E-state index in [0.717, 1.165) is 44.7 Å². The molecule has 5 nitrogen and oxygen atoms in total. The SMILES string of the molecule is Cc1ccc(O)c(CNCc2ccccc2CN2CCC(O)CC2)n1. The number of aliphatic hydroxyl groups excluding tert-OH is 1. The van der Waals surface area contributed by atoms with Crippen LogP contribution in [-0.4, -0.2) is 39.3 Å². The fraction of sp³-hybridized carbons (Fsp3) is 0.450. The normalized spacial score (nSPS) is 16.2. The van der Waals surface area contributed by atoms with Crippen LogP contribution < -0.4 is 5.32 Å². The number of aromatic hydroxyl groups is 1. The summed E-state index contributed by atoms with van der Waals surface area (Å²) in [5, 5.41) is 22.9. The number of piperidine rings is 1. The topological polar surface area (TPSA) is 68.6 Å². The molecule has 5 heteroatoms. The Kier molecular flexibility index (Phi) is 6.02. The number of aryl methyl sites for hydroxylation is 1. The first-order valence-corrected chi connectivity index (χ1v) is 8.95. The second-order valence-corrected chi connectivity index (χ2v) is 6.80. The van der Waals surface area contributed by atoms with Crippen molar-refractivity contribution < 1.29 is 10.2 Å². The lowest BCUT2D eigenvalue weighted by molar-refractivity contribution is 0.0791. The van der Waals surface area contributed by atoms with E-state index in [1.165, 1.54) is 11.1 Å². The zero-order valence-electron chi connectivity index (χ0n) is 14.8. The third-order valence-electron chi connectivity index (χ3n) is 4.77. The van der Waals surface area contributed by atoms with E-state index in [-0.39, 0.29) is 11.9 Å². The highest BCUT2D eigenvalue weighted by atomic mass is 16.3. The Bertz CT molecular complexity index is 697. The molecule has 1 aromatic heterocycles. The molecule has 1 fully saturated rings. The van der Waals surface area contributed by atoms with E-state index < -0.39 is 0 Å². The van der Waals surface area contributed by atoms with Crippen molar-refractivity contribution in [1.82, 2.24) is 15.2 Å². The van der Waals surface area contributed by atoms with Crippen molar-refractivity contribution in [2.24, 2.45) is 0 Å². The van der Waals surface area contributed by atoms with E-state index in [2.05, 4.69) is 39.5 Å². The van der Waals surface area contributed by atoms with Crippen molar-refractivity contribution in [2.75, 3.05) is 13.1 Å². The van der Waals surface area contributed by atoms with E-state index in [4.69, 9.17) is 0 Å². The lowest BCUT2D eigenvalue weighted by Crippen LogP contribution is -2.35. The van der Waals surface area contributed by atoms with Gasteiger partial charge in [-0.1, -0.05) is 24.3 Å². The van der Waals surface area contributed by atoms with Gasteiger partial charge in [0.1, 0.15) is 5.75 Å². The minimum Gasteiger partial charge on any atom is -0.506 e. The Labute approximate surface area is 149 Å². The van der Waals surface area contributed by atoms with E-state index >= 15 is 0 Å². The van der Waals surface area contributed by atoms with Gasteiger partial charge in [-0.05, 0) is 43.0 Å². The molecule has 0 spiro atoms. The summed E-state index contributed by atoms with van der Waals surface area (Å²) in [5.74, 6) is 0.234. The van der Waals surface area contributed by atoms with Gasteiger partial charge in [0.15, 0.2) is 0 Å². The molecule has 1 aromatic carbocycles. The van der Waals surface area contributed by atoms with Gasteiger partial charge in [-0.3, -0.25) is 9.88 Å². The molecule has 134 valence electrons. The summed E-state index contributed by atoms with van der Waals surface area (Å²) < 4.78 is 0. The average molecular weight is 341 g/mol. The van der Waals surface area contributed by atoms with Crippen LogP contribution >= 0.6 is 0 Å². The third kappa shape index (κ3) is 5.01. The summed E-state index contributed by atoms with van der Waals surface area (Å²) in [6, 6.07) is 11.9. The molecule has 0 radical (unpaired) electrons. The molecule has 0 amide bonds. The monoisotopic (exact) mass is 341 g/mol. The van der Waals surface area contributed by atoms with Crippen molar-refractivity contribution >= 4 is 0 Å². The first-order valence-electron chi connectivity index (χ1n) is 8.95. The van der Waals surface area contributed by atoms with Crippen LogP contribution in [0.15, 0.2) is 36.4 Å². The molecule has 0 saturated carbocycles. The van der Waals surface area contributed by atoms with Gasteiger partial charge in [0.2, 0.25) is 0 Å². The van der Waals surface area contributed by atoms with Crippen molar-refractivity contribution in [1.29, 1.82) is 0 Å². The predicted octanol–water partition coefficient (Wildman–Crippen LogP) is 2.34. The molecule has 2 heterocycles. The van der Waals surface area contributed by atoms with Gasteiger partial charge in [-0.2, -0.15) is 0 Å². The van der Waals surface area contributed by atoms with Crippen LogP contribution in [0, 0.1) is 6.92 Å². The molecule has 1 aliphatic heterocycles. The second-order valence-electron chi connectivity index (χ2n) is 6.80. The number of rotatable bonds is 6. The van der Waals surface area contributed by atoms with Gasteiger partial charge >= 0.3 is 0 Å². The summed E-state index contributed by atoms with van der Waals surface area (Å²) in [6.07, 6.45) is 1.58. The number of nitrogens with zero attached hydrogens (tertiary/aromatic N) is 2. The van der Waals surface area contributed by atoms with E-state index in [9.17, 15) is 10.2 Å². The Balaban J connectivity index is 1.58. The maximum Gasteiger partial charge on any atom is 0.138 e. The van der Waals surface area contributed by atoms with Crippen LogP contribution in [0.5, 0.6) is 5.75 Å². The number of aromatic nitrogens is 1. The lowest BCUT2D eigenvalue weighted by Gasteiger charge is -2.30. The fourth-order valence-electron chi connectivity index (χ4n) is 3.25. The van der Waals surface area contributed by atoms with Crippen molar-refractivity contribution in [3.8, 4) is 5.75 Å². The predicted molar refractivity (Wildman–Crippen MR) is 98.1 cm³/mol. The number of hydrogen-bond donors (Lipinski definition) is 3. The van der Waals surface area contributed by atoms with Crippen molar-refractivity contribution in [3.63, 3.8) is 0 Å². The van der Waals surface area contributed by atoms with E-state index in [0.29, 0.717) is 12.2 Å². The van der Waals surface area contributed by atoms with Crippen molar-refractivity contribution in [3.05, 3.63) is 58.9 Å². The highest BCUT2D eigenvalue weighted by Crippen LogP contribution is 2.18. The molecule has 25 heavy (non-hydrogen) atoms. The maximum absolute atomic E-state index is 9.89. The fourth-order valence-corrected chi connectivity index (χ4v) is 3.25. The number of hydrogen-bond acceptors (Lipinski definition) is 5. The summed E-state index contributed by atoms with van der Waals surface area (Å²) in [4.78, 5) is 6.78. The highest BCUT2D eigenvalue weighted by Gasteiger charge is 2.17. The van der Waals surface area contributed by atoms with Crippen molar-refractivity contribution in [2.45, 2.75) is 45.5 Å². The zero-order valence-corrected chi connectivity index (χ0v) is 14.8. The number of pyridine rings is 1. The van der Waals surface area contributed by atoms with E-state index in [1.54, 1.807) is 6.07 Å². The van der Waals surface area contributed by atoms with Gasteiger partial charge in [-0.15, -0.1) is 0 Å². The van der Waals surface area contributed by atoms with Gasteiger partial charge in [0.25, 0.3) is 0 Å². The molecule has 0 atom stereocenters. The number of benzene rings is 1. The second kappa shape index (κ2) is 8.43. The Morgan fingerprint density at radius 1 is 1.08 bits per heavy atom. The molecule has 1 aliphatic rings. The highest BCUT2D eigenvalue weighted by molar-refractivity contribution is 5.29. The third-order valence-corrected chi connectivity index (χ3v) is 4.77. The summed E-state index contributed by atoms with van der Waals surface area (Å²) in [6.45, 7) is 6.01. The first-order chi connectivity index (χ1) is 12.1. The minimum absolute atomic E-state index is 0.136. The zero-order chi connectivity index (χ0) is 17.6. The summed E-state index contributed by atoms with van der Waals surface area (Å²) in [7, 11) is 0. The summed E-state index contributed by atoms with van der Waals surface area (Å²) in [5.41, 5.74) is 4.17. The molecule has 3 N–H and O–H groups in total. The molecular formula is C20H27N3O2. The van der Waals surface area contributed by atoms with Crippen LogP contribution in [0.4, 0.5) is 0 Å². The average Bonchev–Trinajstić information content (AvgIpc) is 2.61. The van der Waals surface area contributed by atoms with Crippen LogP contribution in [0.2, 0.25) is 0 Å². The number of aliphatic hydroxyl groups is 1. The summed E-state index contributed by atoms with van der Waals surface area (Å²) >= 11 is 0.